The van der Waals surface area contributed by atoms with Crippen LogP contribution in [0, 0.1) is 13.8 Å². The first-order valence-electron chi connectivity index (χ1n) is 9.18. The van der Waals surface area contributed by atoms with Gasteiger partial charge in [0.15, 0.2) is 0 Å². The lowest BCUT2D eigenvalue weighted by atomic mass is 10.1. The van der Waals surface area contributed by atoms with Crippen molar-refractivity contribution in [1.82, 2.24) is 10.3 Å². The normalized spacial score (nSPS) is 11.1. The third kappa shape index (κ3) is 5.20. The van der Waals surface area contributed by atoms with E-state index in [1.165, 1.54) is 18.5 Å². The minimum atomic E-state index is -3.94. The van der Waals surface area contributed by atoms with Crippen LogP contribution in [0.2, 0.25) is 0 Å². The summed E-state index contributed by atoms with van der Waals surface area (Å²) in [6, 6.07) is 17.8. The molecular weight excluding hydrogens is 386 g/mol. The number of anilines is 1. The van der Waals surface area contributed by atoms with E-state index in [0.29, 0.717) is 12.2 Å². The number of nitrogens with zero attached hydrogens (tertiary/aromatic N) is 2. The molecule has 0 aliphatic rings. The van der Waals surface area contributed by atoms with Crippen LogP contribution >= 0.6 is 0 Å². The van der Waals surface area contributed by atoms with Gasteiger partial charge in [-0.1, -0.05) is 47.5 Å². The quantitative estimate of drug-likeness (QED) is 0.650. The summed E-state index contributed by atoms with van der Waals surface area (Å²) >= 11 is 0. The molecule has 1 amide bonds. The predicted molar refractivity (Wildman–Crippen MR) is 113 cm³/mol. The fourth-order valence-electron chi connectivity index (χ4n) is 2.75. The van der Waals surface area contributed by atoms with Crippen molar-refractivity contribution in [3.8, 4) is 0 Å². The fourth-order valence-corrected chi connectivity index (χ4v) is 4.13. The summed E-state index contributed by atoms with van der Waals surface area (Å²) in [5, 5.41) is 2.79. The number of aryl methyl sites for hydroxylation is 2. The van der Waals surface area contributed by atoms with Crippen LogP contribution in [0.15, 0.2) is 78.0 Å². The molecule has 7 heteroatoms. The number of pyridine rings is 1. The van der Waals surface area contributed by atoms with Crippen molar-refractivity contribution >= 4 is 21.6 Å². The number of amides is 1. The fraction of sp³-hybridized carbons (Fsp3) is 0.182. The molecule has 0 aliphatic heterocycles. The first kappa shape index (κ1) is 20.5. The maximum absolute atomic E-state index is 13.2. The highest BCUT2D eigenvalue weighted by atomic mass is 32.2. The number of carbonyl (C=O) groups is 1. The van der Waals surface area contributed by atoms with Crippen molar-refractivity contribution in [1.29, 1.82) is 0 Å². The molecule has 3 aromatic rings. The molecular formula is C22H23N3O3S. The predicted octanol–water partition coefficient (Wildman–Crippen LogP) is 3.21. The molecule has 6 nitrogen and oxygen atoms in total. The molecule has 0 saturated carbocycles. The first-order valence-corrected chi connectivity index (χ1v) is 10.6. The van der Waals surface area contributed by atoms with E-state index in [0.717, 1.165) is 21.0 Å². The van der Waals surface area contributed by atoms with Gasteiger partial charge in [0.25, 0.3) is 10.0 Å². The van der Waals surface area contributed by atoms with Crippen LogP contribution in [0.25, 0.3) is 0 Å². The SMILES string of the molecule is Cc1ccc(CNC(=O)CN(c2ccc(C)cc2)S(=O)(=O)c2cccnc2)cc1. The molecule has 0 bridgehead atoms. The minimum absolute atomic E-state index is 0.0342. The van der Waals surface area contributed by atoms with E-state index in [2.05, 4.69) is 10.3 Å². The van der Waals surface area contributed by atoms with E-state index in [-0.39, 0.29) is 11.4 Å². The number of sulfonamides is 1. The van der Waals surface area contributed by atoms with E-state index in [4.69, 9.17) is 0 Å². The van der Waals surface area contributed by atoms with Crippen molar-refractivity contribution in [3.05, 3.63) is 89.7 Å². The summed E-state index contributed by atoms with van der Waals surface area (Å²) < 4.78 is 27.4. The van der Waals surface area contributed by atoms with Crippen molar-refractivity contribution in [2.24, 2.45) is 0 Å². The van der Waals surface area contributed by atoms with Crippen LogP contribution in [-0.4, -0.2) is 25.9 Å². The standard InChI is InChI=1S/C22H23N3O3S/c1-17-5-9-19(10-6-17)14-24-22(26)16-25(20-11-7-18(2)8-12-20)29(27,28)21-4-3-13-23-15-21/h3-13,15H,14,16H2,1-2H3,(H,24,26). The van der Waals surface area contributed by atoms with Gasteiger partial charge in [0.05, 0.1) is 5.69 Å². The maximum atomic E-state index is 13.2. The molecule has 0 unspecified atom stereocenters. The molecule has 0 fully saturated rings. The Balaban J connectivity index is 1.82. The van der Waals surface area contributed by atoms with E-state index >= 15 is 0 Å². The lowest BCUT2D eigenvalue weighted by Crippen LogP contribution is -2.40. The summed E-state index contributed by atoms with van der Waals surface area (Å²) in [4.78, 5) is 16.5. The van der Waals surface area contributed by atoms with Gasteiger partial charge in [0.2, 0.25) is 5.91 Å². The Morgan fingerprint density at radius 3 is 2.17 bits per heavy atom. The number of hydrogen-bond acceptors (Lipinski definition) is 4. The Morgan fingerprint density at radius 1 is 0.966 bits per heavy atom. The first-order chi connectivity index (χ1) is 13.9. The zero-order valence-electron chi connectivity index (χ0n) is 16.4. The highest BCUT2D eigenvalue weighted by Gasteiger charge is 2.27. The minimum Gasteiger partial charge on any atom is -0.350 e. The molecule has 0 aliphatic carbocycles. The Bertz CT molecular complexity index is 1060. The van der Waals surface area contributed by atoms with Crippen LogP contribution in [0.1, 0.15) is 16.7 Å². The number of rotatable bonds is 7. The second kappa shape index (κ2) is 8.87. The third-order valence-corrected chi connectivity index (χ3v) is 6.20. The van der Waals surface area contributed by atoms with Gasteiger partial charge in [-0.2, -0.15) is 0 Å². The van der Waals surface area contributed by atoms with Crippen LogP contribution in [-0.2, 0) is 21.4 Å². The Morgan fingerprint density at radius 2 is 1.59 bits per heavy atom. The third-order valence-electron chi connectivity index (χ3n) is 4.44. The Labute approximate surface area is 171 Å². The van der Waals surface area contributed by atoms with Crippen LogP contribution < -0.4 is 9.62 Å². The Kier molecular flexibility index (Phi) is 6.29. The van der Waals surface area contributed by atoms with Gasteiger partial charge >= 0.3 is 0 Å². The summed E-state index contributed by atoms with van der Waals surface area (Å²) in [5.41, 5.74) is 3.50. The summed E-state index contributed by atoms with van der Waals surface area (Å²) in [6.07, 6.45) is 2.78. The van der Waals surface area contributed by atoms with Gasteiger partial charge in [-0.3, -0.25) is 14.1 Å². The van der Waals surface area contributed by atoms with Gasteiger partial charge in [-0.15, -0.1) is 0 Å². The van der Waals surface area contributed by atoms with Crippen molar-refractivity contribution in [2.45, 2.75) is 25.3 Å². The molecule has 1 heterocycles. The van der Waals surface area contributed by atoms with Crippen LogP contribution in [0.5, 0.6) is 0 Å². The van der Waals surface area contributed by atoms with E-state index < -0.39 is 15.9 Å². The second-order valence-corrected chi connectivity index (χ2v) is 8.66. The largest absolute Gasteiger partial charge is 0.350 e. The van der Waals surface area contributed by atoms with E-state index in [9.17, 15) is 13.2 Å². The summed E-state index contributed by atoms with van der Waals surface area (Å²) in [5.74, 6) is -0.390. The van der Waals surface area contributed by atoms with Crippen molar-refractivity contribution < 1.29 is 13.2 Å². The van der Waals surface area contributed by atoms with Crippen LogP contribution in [0.4, 0.5) is 5.69 Å². The van der Waals surface area contributed by atoms with Crippen molar-refractivity contribution in [3.63, 3.8) is 0 Å². The van der Waals surface area contributed by atoms with Gasteiger partial charge < -0.3 is 5.32 Å². The molecule has 150 valence electrons. The zero-order valence-corrected chi connectivity index (χ0v) is 17.2. The molecule has 0 saturated heterocycles. The number of nitrogens with one attached hydrogen (secondary N) is 1. The average Bonchev–Trinajstić information content (AvgIpc) is 2.73. The highest BCUT2D eigenvalue weighted by molar-refractivity contribution is 7.92. The molecule has 29 heavy (non-hydrogen) atoms. The smallest absolute Gasteiger partial charge is 0.266 e. The number of benzene rings is 2. The molecule has 1 N–H and O–H groups in total. The molecule has 1 aromatic heterocycles. The van der Waals surface area contributed by atoms with Gasteiger partial charge in [0, 0.05) is 18.9 Å². The monoisotopic (exact) mass is 409 g/mol. The lowest BCUT2D eigenvalue weighted by Gasteiger charge is -2.24. The van der Waals surface area contributed by atoms with E-state index in [1.54, 1.807) is 18.2 Å². The summed E-state index contributed by atoms with van der Waals surface area (Å²) in [6.45, 7) is 3.91. The van der Waals surface area contributed by atoms with Gasteiger partial charge in [-0.25, -0.2) is 8.42 Å². The maximum Gasteiger partial charge on any atom is 0.266 e. The van der Waals surface area contributed by atoms with Crippen LogP contribution in [0.3, 0.4) is 0 Å². The molecule has 0 atom stereocenters. The second-order valence-electron chi connectivity index (χ2n) is 6.80. The molecule has 2 aromatic carbocycles. The topological polar surface area (TPSA) is 79.4 Å². The number of hydrogen-bond donors (Lipinski definition) is 1. The van der Waals surface area contributed by atoms with Gasteiger partial charge in [0.1, 0.15) is 11.4 Å². The highest BCUT2D eigenvalue weighted by Crippen LogP contribution is 2.23. The molecule has 0 radical (unpaired) electrons. The number of aromatic nitrogens is 1. The lowest BCUT2D eigenvalue weighted by molar-refractivity contribution is -0.119. The average molecular weight is 410 g/mol. The Hall–Kier alpha value is -3.19. The summed E-state index contributed by atoms with van der Waals surface area (Å²) in [7, 11) is -3.94. The van der Waals surface area contributed by atoms with Crippen molar-refractivity contribution in [2.75, 3.05) is 10.8 Å². The molecule has 3 rings (SSSR count). The number of carbonyl (C=O) groups excluding carboxylic acids is 1. The molecule has 0 spiro atoms. The zero-order chi connectivity index (χ0) is 20.9. The van der Waals surface area contributed by atoms with E-state index in [1.807, 2.05) is 50.2 Å². The van der Waals surface area contributed by atoms with Gasteiger partial charge in [-0.05, 0) is 43.7 Å².